The smallest absolute Gasteiger partial charge is 0.0807 e. The molecule has 2 N–H and O–H groups in total. The third-order valence-corrected chi connectivity index (χ3v) is 4.78. The number of hydrogen-bond donors (Lipinski definition) is 2. The number of aliphatic hydroxyl groups excluding tert-OH is 1. The summed E-state index contributed by atoms with van der Waals surface area (Å²) < 4.78 is 0. The summed E-state index contributed by atoms with van der Waals surface area (Å²) in [6.07, 6.45) is 0.337. The fourth-order valence-corrected chi connectivity index (χ4v) is 3.23. The molecule has 112 valence electrons. The molecule has 0 bridgehead atoms. The fourth-order valence-electron chi connectivity index (χ4n) is 3.07. The van der Waals surface area contributed by atoms with Crippen LogP contribution < -0.4 is 5.32 Å². The molecule has 0 radical (unpaired) electrons. The van der Waals surface area contributed by atoms with Gasteiger partial charge in [-0.1, -0.05) is 17.7 Å². The first-order valence-electron chi connectivity index (χ1n) is 7.38. The van der Waals surface area contributed by atoms with Crippen LogP contribution in [0, 0.1) is 20.8 Å². The van der Waals surface area contributed by atoms with Crippen LogP contribution in [-0.4, -0.2) is 42.7 Å². The van der Waals surface area contributed by atoms with Crippen molar-refractivity contribution >= 4 is 11.6 Å². The monoisotopic (exact) mass is 296 g/mol. The molecule has 1 aromatic rings. The molecule has 2 rings (SSSR count). The number of piperazine rings is 1. The number of nitrogens with zero attached hydrogens (tertiary/aromatic N) is 1. The van der Waals surface area contributed by atoms with Gasteiger partial charge >= 0.3 is 0 Å². The van der Waals surface area contributed by atoms with Crippen molar-refractivity contribution in [3.63, 3.8) is 0 Å². The summed E-state index contributed by atoms with van der Waals surface area (Å²) in [5.41, 5.74) is 4.25. The van der Waals surface area contributed by atoms with E-state index in [2.05, 4.69) is 23.2 Å². The number of benzene rings is 1. The van der Waals surface area contributed by atoms with E-state index in [0.717, 1.165) is 66.4 Å². The Morgan fingerprint density at radius 1 is 1.25 bits per heavy atom. The summed E-state index contributed by atoms with van der Waals surface area (Å²) in [5, 5.41) is 14.7. The molecule has 0 aliphatic carbocycles. The van der Waals surface area contributed by atoms with Crippen LogP contribution in [-0.2, 0) is 0 Å². The predicted molar refractivity (Wildman–Crippen MR) is 84.5 cm³/mol. The van der Waals surface area contributed by atoms with Crippen molar-refractivity contribution in [3.8, 4) is 0 Å². The first-order chi connectivity index (χ1) is 9.50. The molecule has 1 aliphatic heterocycles. The molecule has 1 unspecified atom stereocenters. The van der Waals surface area contributed by atoms with E-state index in [1.165, 1.54) is 0 Å². The van der Waals surface area contributed by atoms with Crippen molar-refractivity contribution in [3.05, 3.63) is 33.3 Å². The second-order valence-corrected chi connectivity index (χ2v) is 6.14. The minimum absolute atomic E-state index is 0.428. The van der Waals surface area contributed by atoms with Crippen molar-refractivity contribution < 1.29 is 5.11 Å². The van der Waals surface area contributed by atoms with Crippen LogP contribution in [0.4, 0.5) is 0 Å². The Balaban J connectivity index is 2.05. The Bertz CT molecular complexity index is 470. The highest BCUT2D eigenvalue weighted by molar-refractivity contribution is 6.32. The molecule has 20 heavy (non-hydrogen) atoms. The van der Waals surface area contributed by atoms with E-state index in [1.807, 2.05) is 13.8 Å². The third kappa shape index (κ3) is 3.53. The average Bonchev–Trinajstić information content (AvgIpc) is 2.44. The minimum atomic E-state index is -0.428. The van der Waals surface area contributed by atoms with E-state index >= 15 is 0 Å². The first-order valence-corrected chi connectivity index (χ1v) is 7.76. The lowest BCUT2D eigenvalue weighted by Gasteiger charge is -2.28. The zero-order valence-corrected chi connectivity index (χ0v) is 13.4. The zero-order valence-electron chi connectivity index (χ0n) is 12.7. The zero-order chi connectivity index (χ0) is 14.7. The Morgan fingerprint density at radius 2 is 1.90 bits per heavy atom. The highest BCUT2D eigenvalue weighted by Crippen LogP contribution is 2.32. The molecule has 1 saturated heterocycles. The number of nitrogens with one attached hydrogen (secondary N) is 1. The maximum atomic E-state index is 10.5. The van der Waals surface area contributed by atoms with Gasteiger partial charge in [0.05, 0.1) is 6.10 Å². The van der Waals surface area contributed by atoms with E-state index in [9.17, 15) is 5.11 Å². The molecule has 3 nitrogen and oxygen atoms in total. The minimum Gasteiger partial charge on any atom is -0.388 e. The second kappa shape index (κ2) is 6.90. The third-order valence-electron chi connectivity index (χ3n) is 4.20. The Kier molecular flexibility index (Phi) is 5.44. The molecule has 0 spiro atoms. The predicted octanol–water partition coefficient (Wildman–Crippen LogP) is 2.59. The van der Waals surface area contributed by atoms with Gasteiger partial charge in [0.1, 0.15) is 0 Å². The lowest BCUT2D eigenvalue weighted by molar-refractivity contribution is 0.135. The van der Waals surface area contributed by atoms with Gasteiger partial charge in [-0.3, -0.25) is 0 Å². The first kappa shape index (κ1) is 15.8. The van der Waals surface area contributed by atoms with Gasteiger partial charge in [-0.05, 0) is 49.4 Å². The lowest BCUT2D eigenvalue weighted by Crippen LogP contribution is -2.44. The van der Waals surface area contributed by atoms with Crippen LogP contribution >= 0.6 is 11.6 Å². The van der Waals surface area contributed by atoms with E-state index in [-0.39, 0.29) is 0 Å². The number of hydrogen-bond acceptors (Lipinski definition) is 3. The Hall–Kier alpha value is -0.610. The largest absolute Gasteiger partial charge is 0.388 e. The highest BCUT2D eigenvalue weighted by Gasteiger charge is 2.18. The molecule has 4 heteroatoms. The van der Waals surface area contributed by atoms with Crippen LogP contribution in [0.15, 0.2) is 6.07 Å². The standard InChI is InChI=1S/C16H25ClN2O/c1-11-10-12(2)16(17)13(3)15(11)14(20)4-7-19-8-5-18-6-9-19/h10,14,18,20H,4-9H2,1-3H3. The van der Waals surface area contributed by atoms with Gasteiger partial charge in [0.25, 0.3) is 0 Å². The van der Waals surface area contributed by atoms with Gasteiger partial charge in [0.15, 0.2) is 0 Å². The van der Waals surface area contributed by atoms with E-state index in [0.29, 0.717) is 0 Å². The van der Waals surface area contributed by atoms with Gasteiger partial charge < -0.3 is 15.3 Å². The summed E-state index contributed by atoms with van der Waals surface area (Å²) in [4.78, 5) is 2.40. The maximum absolute atomic E-state index is 10.5. The van der Waals surface area contributed by atoms with Crippen LogP contribution in [0.5, 0.6) is 0 Å². The number of rotatable bonds is 4. The van der Waals surface area contributed by atoms with Crippen LogP contribution in [0.25, 0.3) is 0 Å². The topological polar surface area (TPSA) is 35.5 Å². The summed E-state index contributed by atoms with van der Waals surface area (Å²) >= 11 is 6.32. The Labute approximate surface area is 126 Å². The average molecular weight is 297 g/mol. The van der Waals surface area contributed by atoms with Crippen molar-refractivity contribution in [2.45, 2.75) is 33.3 Å². The summed E-state index contributed by atoms with van der Waals surface area (Å²) in [7, 11) is 0. The lowest BCUT2D eigenvalue weighted by atomic mass is 9.94. The summed E-state index contributed by atoms with van der Waals surface area (Å²) in [5.74, 6) is 0. The molecule has 1 heterocycles. The maximum Gasteiger partial charge on any atom is 0.0807 e. The van der Waals surface area contributed by atoms with Crippen molar-refractivity contribution in [1.82, 2.24) is 10.2 Å². The molecule has 1 aromatic carbocycles. The molecule has 1 atom stereocenters. The number of aliphatic hydroxyl groups is 1. The van der Waals surface area contributed by atoms with Gasteiger partial charge in [0.2, 0.25) is 0 Å². The molecule has 0 amide bonds. The van der Waals surface area contributed by atoms with Gasteiger partial charge in [-0.15, -0.1) is 0 Å². The van der Waals surface area contributed by atoms with Crippen molar-refractivity contribution in [2.75, 3.05) is 32.7 Å². The van der Waals surface area contributed by atoms with Crippen molar-refractivity contribution in [1.29, 1.82) is 0 Å². The summed E-state index contributed by atoms with van der Waals surface area (Å²) in [6.45, 7) is 11.2. The van der Waals surface area contributed by atoms with Crippen molar-refractivity contribution in [2.24, 2.45) is 0 Å². The molecule has 1 aliphatic rings. The van der Waals surface area contributed by atoms with E-state index in [1.54, 1.807) is 0 Å². The molecular weight excluding hydrogens is 272 g/mol. The number of aryl methyl sites for hydroxylation is 2. The fraction of sp³-hybridized carbons (Fsp3) is 0.625. The van der Waals surface area contributed by atoms with Crippen LogP contribution in [0.1, 0.15) is 34.8 Å². The molecular formula is C16H25ClN2O. The second-order valence-electron chi connectivity index (χ2n) is 5.76. The van der Waals surface area contributed by atoms with Gasteiger partial charge in [-0.25, -0.2) is 0 Å². The molecule has 0 saturated carbocycles. The van der Waals surface area contributed by atoms with E-state index < -0.39 is 6.10 Å². The highest BCUT2D eigenvalue weighted by atomic mass is 35.5. The van der Waals surface area contributed by atoms with Gasteiger partial charge in [-0.2, -0.15) is 0 Å². The molecule has 0 aromatic heterocycles. The van der Waals surface area contributed by atoms with Crippen LogP contribution in [0.2, 0.25) is 5.02 Å². The van der Waals surface area contributed by atoms with Gasteiger partial charge in [0, 0.05) is 37.7 Å². The van der Waals surface area contributed by atoms with E-state index in [4.69, 9.17) is 11.6 Å². The SMILES string of the molecule is Cc1cc(C)c(C(O)CCN2CCNCC2)c(C)c1Cl. The Morgan fingerprint density at radius 3 is 2.55 bits per heavy atom. The van der Waals surface area contributed by atoms with Crippen LogP contribution in [0.3, 0.4) is 0 Å². The quantitative estimate of drug-likeness (QED) is 0.896. The summed E-state index contributed by atoms with van der Waals surface area (Å²) in [6, 6.07) is 2.07. The molecule has 1 fully saturated rings. The number of halogens is 1. The normalized spacial score (nSPS) is 18.2.